The van der Waals surface area contributed by atoms with E-state index >= 15 is 0 Å². The zero-order chi connectivity index (χ0) is 26.4. The van der Waals surface area contributed by atoms with Crippen molar-refractivity contribution in [3.63, 3.8) is 0 Å². The van der Waals surface area contributed by atoms with Crippen LogP contribution in [0.5, 0.6) is 0 Å². The standard InChI is InChI=1S/C30H32FN3O3/c1-29(2,3)23-8-6-22(7-9-23)28(35)33-20-30(26-18-24(31)10-13-27(26)33)14-16-32(17-15-30)19-21-4-11-25(12-5-21)34(36)37/h4-13,18H,14-17,19-20H2,1-3H3. The molecule has 3 aromatic carbocycles. The minimum Gasteiger partial charge on any atom is -0.307 e. The topological polar surface area (TPSA) is 66.7 Å². The van der Waals surface area contributed by atoms with E-state index in [0.29, 0.717) is 18.7 Å². The van der Waals surface area contributed by atoms with Crippen LogP contribution < -0.4 is 4.90 Å². The summed E-state index contributed by atoms with van der Waals surface area (Å²) in [5, 5.41) is 10.9. The van der Waals surface area contributed by atoms with E-state index in [1.165, 1.54) is 23.8 Å². The molecular weight excluding hydrogens is 469 g/mol. The highest BCUT2D eigenvalue weighted by molar-refractivity contribution is 6.07. The lowest BCUT2D eigenvalue weighted by atomic mass is 9.74. The molecule has 1 saturated heterocycles. The van der Waals surface area contributed by atoms with Crippen LogP contribution in [0.3, 0.4) is 0 Å². The fourth-order valence-corrected chi connectivity index (χ4v) is 5.64. The summed E-state index contributed by atoms with van der Waals surface area (Å²) in [6.45, 7) is 9.28. The van der Waals surface area contributed by atoms with Gasteiger partial charge in [-0.25, -0.2) is 4.39 Å². The highest BCUT2D eigenvalue weighted by Gasteiger charge is 2.46. The number of rotatable bonds is 4. The zero-order valence-electron chi connectivity index (χ0n) is 21.5. The smallest absolute Gasteiger partial charge is 0.269 e. The van der Waals surface area contributed by atoms with Gasteiger partial charge in [-0.15, -0.1) is 0 Å². The number of hydrogen-bond donors (Lipinski definition) is 0. The van der Waals surface area contributed by atoms with Gasteiger partial charge in [0.15, 0.2) is 0 Å². The number of carbonyl (C=O) groups is 1. The van der Waals surface area contributed by atoms with E-state index in [1.54, 1.807) is 24.3 Å². The van der Waals surface area contributed by atoms with Crippen molar-refractivity contribution in [1.29, 1.82) is 0 Å². The van der Waals surface area contributed by atoms with Gasteiger partial charge in [0.2, 0.25) is 0 Å². The summed E-state index contributed by atoms with van der Waals surface area (Å²) in [7, 11) is 0. The molecule has 192 valence electrons. The van der Waals surface area contributed by atoms with Gasteiger partial charge < -0.3 is 4.90 Å². The summed E-state index contributed by atoms with van der Waals surface area (Å²) < 4.78 is 14.4. The van der Waals surface area contributed by atoms with Crippen molar-refractivity contribution in [2.24, 2.45) is 0 Å². The Morgan fingerprint density at radius 3 is 2.24 bits per heavy atom. The van der Waals surface area contributed by atoms with Gasteiger partial charge in [-0.05, 0) is 78.4 Å². The largest absolute Gasteiger partial charge is 0.307 e. The van der Waals surface area contributed by atoms with Crippen molar-refractivity contribution in [3.8, 4) is 0 Å². The average Bonchev–Trinajstić information content (AvgIpc) is 3.18. The third kappa shape index (κ3) is 4.88. The first-order chi connectivity index (χ1) is 17.6. The van der Waals surface area contributed by atoms with E-state index < -0.39 is 4.92 Å². The molecule has 1 amide bonds. The first-order valence-electron chi connectivity index (χ1n) is 12.7. The second kappa shape index (κ2) is 9.38. The number of carbonyl (C=O) groups excluding carboxylic acids is 1. The number of hydrogen-bond acceptors (Lipinski definition) is 4. The van der Waals surface area contributed by atoms with Crippen LogP contribution >= 0.6 is 0 Å². The van der Waals surface area contributed by atoms with E-state index in [2.05, 4.69) is 25.7 Å². The molecule has 0 saturated carbocycles. The van der Waals surface area contributed by atoms with Crippen molar-refractivity contribution in [2.45, 2.75) is 51.0 Å². The summed E-state index contributed by atoms with van der Waals surface area (Å²) in [5.74, 6) is -0.339. The minimum absolute atomic E-state index is 0.00580. The first kappa shape index (κ1) is 25.1. The Morgan fingerprint density at radius 1 is 1.00 bits per heavy atom. The van der Waals surface area contributed by atoms with E-state index in [9.17, 15) is 19.3 Å². The van der Waals surface area contributed by atoms with Crippen LogP contribution in [-0.4, -0.2) is 35.4 Å². The van der Waals surface area contributed by atoms with Crippen LogP contribution in [0.2, 0.25) is 0 Å². The highest BCUT2D eigenvalue weighted by atomic mass is 19.1. The van der Waals surface area contributed by atoms with Crippen molar-refractivity contribution in [3.05, 3.63) is 105 Å². The van der Waals surface area contributed by atoms with Gasteiger partial charge in [-0.3, -0.25) is 19.8 Å². The number of piperidine rings is 1. The first-order valence-corrected chi connectivity index (χ1v) is 12.7. The molecular formula is C30H32FN3O3. The van der Waals surface area contributed by atoms with Crippen LogP contribution in [0.1, 0.15) is 60.7 Å². The molecule has 0 aliphatic carbocycles. The number of nitro groups is 1. The zero-order valence-corrected chi connectivity index (χ0v) is 21.5. The monoisotopic (exact) mass is 501 g/mol. The van der Waals surface area contributed by atoms with E-state index in [1.807, 2.05) is 29.2 Å². The van der Waals surface area contributed by atoms with E-state index in [4.69, 9.17) is 0 Å². The third-order valence-electron chi connectivity index (χ3n) is 7.89. The Hall–Kier alpha value is -3.58. The number of amides is 1. The van der Waals surface area contributed by atoms with Gasteiger partial charge in [0, 0.05) is 41.9 Å². The average molecular weight is 502 g/mol. The number of likely N-dealkylation sites (tertiary alicyclic amines) is 1. The van der Waals surface area contributed by atoms with Crippen molar-refractivity contribution >= 4 is 17.3 Å². The van der Waals surface area contributed by atoms with Crippen LogP contribution in [0, 0.1) is 15.9 Å². The number of anilines is 1. The molecule has 7 heteroatoms. The number of fused-ring (bicyclic) bond motifs is 2. The van der Waals surface area contributed by atoms with Crippen LogP contribution in [0.4, 0.5) is 15.8 Å². The second-order valence-corrected chi connectivity index (χ2v) is 11.4. The lowest BCUT2D eigenvalue weighted by molar-refractivity contribution is -0.384. The van der Waals surface area contributed by atoms with E-state index in [-0.39, 0.29) is 28.2 Å². The van der Waals surface area contributed by atoms with Gasteiger partial charge in [-0.2, -0.15) is 0 Å². The summed E-state index contributed by atoms with van der Waals surface area (Å²) in [5.41, 5.74) is 4.35. The molecule has 3 aromatic rings. The Labute approximate surface area is 216 Å². The number of nitro benzene ring substituents is 1. The molecule has 2 aliphatic rings. The lowest BCUT2D eigenvalue weighted by Crippen LogP contribution is -2.45. The quantitative estimate of drug-likeness (QED) is 0.314. The molecule has 1 spiro atoms. The maximum absolute atomic E-state index is 14.4. The molecule has 1 fully saturated rings. The SMILES string of the molecule is CC(C)(C)c1ccc(C(=O)N2CC3(CCN(Cc4ccc([N+](=O)[O-])cc4)CC3)c3cc(F)ccc32)cc1. The molecule has 6 nitrogen and oxygen atoms in total. The Morgan fingerprint density at radius 2 is 1.65 bits per heavy atom. The maximum Gasteiger partial charge on any atom is 0.269 e. The molecule has 5 rings (SSSR count). The number of nitrogens with zero attached hydrogens (tertiary/aromatic N) is 3. The summed E-state index contributed by atoms with van der Waals surface area (Å²) >= 11 is 0. The summed E-state index contributed by atoms with van der Waals surface area (Å²) in [6, 6.07) is 19.3. The number of halogens is 1. The molecule has 2 heterocycles. The van der Waals surface area contributed by atoms with Gasteiger partial charge in [0.25, 0.3) is 11.6 Å². The molecule has 0 bridgehead atoms. The van der Waals surface area contributed by atoms with Gasteiger partial charge in [0.1, 0.15) is 5.82 Å². The molecule has 37 heavy (non-hydrogen) atoms. The Bertz CT molecular complexity index is 1320. The van der Waals surface area contributed by atoms with Gasteiger partial charge >= 0.3 is 0 Å². The van der Waals surface area contributed by atoms with Gasteiger partial charge in [0.05, 0.1) is 4.92 Å². The van der Waals surface area contributed by atoms with Crippen molar-refractivity contribution in [2.75, 3.05) is 24.5 Å². The normalized spacial score (nSPS) is 17.1. The van der Waals surface area contributed by atoms with Gasteiger partial charge in [-0.1, -0.05) is 45.0 Å². The molecule has 2 aliphatic heterocycles. The Kier molecular flexibility index (Phi) is 6.36. The highest BCUT2D eigenvalue weighted by Crippen LogP contribution is 2.48. The third-order valence-corrected chi connectivity index (χ3v) is 7.89. The maximum atomic E-state index is 14.4. The second-order valence-electron chi connectivity index (χ2n) is 11.4. The summed E-state index contributed by atoms with van der Waals surface area (Å²) in [6.07, 6.45) is 1.62. The van der Waals surface area contributed by atoms with Crippen LogP contribution in [0.25, 0.3) is 0 Å². The minimum atomic E-state index is -0.392. The lowest BCUT2D eigenvalue weighted by Gasteiger charge is -2.40. The molecule has 0 unspecified atom stereocenters. The predicted octanol–water partition coefficient (Wildman–Crippen LogP) is 6.23. The fourth-order valence-electron chi connectivity index (χ4n) is 5.64. The Balaban J connectivity index is 1.34. The van der Waals surface area contributed by atoms with Crippen LogP contribution in [0.15, 0.2) is 66.7 Å². The van der Waals surface area contributed by atoms with Crippen LogP contribution in [-0.2, 0) is 17.4 Å². The van der Waals surface area contributed by atoms with Crippen molar-refractivity contribution in [1.82, 2.24) is 4.90 Å². The molecule has 0 atom stereocenters. The molecule has 0 aromatic heterocycles. The number of non-ortho nitro benzene ring substituents is 1. The molecule has 0 N–H and O–H groups in total. The predicted molar refractivity (Wildman–Crippen MR) is 143 cm³/mol. The number of benzene rings is 3. The van der Waals surface area contributed by atoms with E-state index in [0.717, 1.165) is 42.7 Å². The summed E-state index contributed by atoms with van der Waals surface area (Å²) in [4.78, 5) is 28.3. The van der Waals surface area contributed by atoms with Crippen molar-refractivity contribution < 1.29 is 14.1 Å². The molecule has 0 radical (unpaired) electrons. The fraction of sp³-hybridized carbons (Fsp3) is 0.367.